The van der Waals surface area contributed by atoms with Crippen molar-refractivity contribution < 1.29 is 14.2 Å². The topological polar surface area (TPSA) is 95.5 Å². The first-order chi connectivity index (χ1) is 9.69. The molecule has 2 atom stereocenters. The zero-order chi connectivity index (χ0) is 14.1. The molecule has 0 bridgehead atoms. The lowest BCUT2D eigenvalue weighted by Gasteiger charge is -2.28. The molecule has 0 aromatic carbocycles. The summed E-state index contributed by atoms with van der Waals surface area (Å²) < 4.78 is 20.1. The summed E-state index contributed by atoms with van der Waals surface area (Å²) in [5.41, 5.74) is 0.0576. The molecule has 1 aliphatic rings. The van der Waals surface area contributed by atoms with Crippen molar-refractivity contribution in [3.05, 3.63) is 23.8 Å². The molecule has 0 unspecified atom stereocenters. The van der Waals surface area contributed by atoms with Crippen LogP contribution in [0.1, 0.15) is 12.0 Å². The van der Waals surface area contributed by atoms with Crippen LogP contribution in [-0.4, -0.2) is 45.1 Å². The summed E-state index contributed by atoms with van der Waals surface area (Å²) in [5, 5.41) is 25.6. The minimum atomic E-state index is -0.640. The Bertz CT molecular complexity index is 680. The summed E-state index contributed by atoms with van der Waals surface area (Å²) in [6.45, 7) is 0.810. The van der Waals surface area contributed by atoms with Gasteiger partial charge in [0.2, 0.25) is 5.95 Å². The predicted molar refractivity (Wildman–Crippen MR) is 66.5 cm³/mol. The second-order valence-electron chi connectivity index (χ2n) is 4.56. The number of aliphatic hydroxyl groups is 1. The van der Waals surface area contributed by atoms with Gasteiger partial charge in [-0.25, -0.2) is 13.9 Å². The Hall–Kier alpha value is -2.24. The molecule has 0 saturated carbocycles. The van der Waals surface area contributed by atoms with Gasteiger partial charge in [-0.05, 0) is 6.42 Å². The molecular formula is C12H12FN5O2. The third kappa shape index (κ3) is 2.17. The highest BCUT2D eigenvalue weighted by Gasteiger charge is 2.24. The highest BCUT2D eigenvalue weighted by Crippen LogP contribution is 2.17. The molecule has 2 aromatic rings. The first-order valence-electron chi connectivity index (χ1n) is 6.15. The molecule has 20 heavy (non-hydrogen) atoms. The Balaban J connectivity index is 1.87. The number of nitrogens with one attached hydrogen (secondary N) is 1. The quantitative estimate of drug-likeness (QED) is 0.819. The van der Waals surface area contributed by atoms with Gasteiger partial charge in [-0.2, -0.15) is 5.26 Å². The van der Waals surface area contributed by atoms with Crippen molar-refractivity contribution in [2.45, 2.75) is 18.6 Å². The van der Waals surface area contributed by atoms with Crippen molar-refractivity contribution in [1.29, 1.82) is 5.26 Å². The average Bonchev–Trinajstić information content (AvgIpc) is 2.77. The van der Waals surface area contributed by atoms with Crippen molar-refractivity contribution in [1.82, 2.24) is 14.6 Å². The van der Waals surface area contributed by atoms with Crippen LogP contribution < -0.4 is 5.32 Å². The molecule has 104 valence electrons. The molecule has 0 spiro atoms. The number of nitrogens with zero attached hydrogens (tertiary/aromatic N) is 4. The maximum absolute atomic E-state index is 13.7. The zero-order valence-corrected chi connectivity index (χ0v) is 10.5. The fourth-order valence-electron chi connectivity index (χ4n) is 2.14. The van der Waals surface area contributed by atoms with Gasteiger partial charge in [-0.1, -0.05) is 0 Å². The molecule has 0 amide bonds. The summed E-state index contributed by atoms with van der Waals surface area (Å²) in [6.07, 6.45) is 2.60. The Morgan fingerprint density at radius 2 is 2.45 bits per heavy atom. The lowest BCUT2D eigenvalue weighted by molar-refractivity contribution is -0.0136. The van der Waals surface area contributed by atoms with Gasteiger partial charge in [0.15, 0.2) is 5.82 Å². The van der Waals surface area contributed by atoms with Gasteiger partial charge in [0.1, 0.15) is 17.1 Å². The molecule has 3 rings (SSSR count). The van der Waals surface area contributed by atoms with E-state index in [0.717, 1.165) is 0 Å². The van der Waals surface area contributed by atoms with E-state index in [1.807, 2.05) is 0 Å². The standard InChI is InChI=1S/C12H12FN5O2/c13-11-7(3-14)5-18-9(11)4-15-12(17-18)16-8-1-2-20-6-10(8)19/h4-5,8,10,19H,1-2,6H2,(H,16,17)/t8-,10-/m1/s1. The largest absolute Gasteiger partial charge is 0.389 e. The molecule has 2 N–H and O–H groups in total. The lowest BCUT2D eigenvalue weighted by atomic mass is 10.1. The SMILES string of the molecule is N#Cc1cn2nc(N[C@@H]3CCOC[C@H]3O)ncc2c1F. The number of anilines is 1. The van der Waals surface area contributed by atoms with E-state index in [1.165, 1.54) is 16.9 Å². The second kappa shape index (κ2) is 5.03. The summed E-state index contributed by atoms with van der Waals surface area (Å²) in [6, 6.07) is 1.54. The number of halogens is 1. The van der Waals surface area contributed by atoms with Crippen LogP contribution >= 0.6 is 0 Å². The maximum Gasteiger partial charge on any atom is 0.241 e. The van der Waals surface area contributed by atoms with Crippen molar-refractivity contribution in [2.75, 3.05) is 18.5 Å². The van der Waals surface area contributed by atoms with E-state index in [0.29, 0.717) is 13.0 Å². The van der Waals surface area contributed by atoms with E-state index in [2.05, 4.69) is 15.4 Å². The molecule has 0 aliphatic carbocycles. The number of rotatable bonds is 2. The Kier molecular flexibility index (Phi) is 3.22. The van der Waals surface area contributed by atoms with Crippen LogP contribution in [0.15, 0.2) is 12.4 Å². The van der Waals surface area contributed by atoms with E-state index < -0.39 is 11.9 Å². The van der Waals surface area contributed by atoms with Gasteiger partial charge in [-0.15, -0.1) is 5.10 Å². The molecule has 7 nitrogen and oxygen atoms in total. The van der Waals surface area contributed by atoms with Crippen LogP contribution in [0.5, 0.6) is 0 Å². The van der Waals surface area contributed by atoms with Crippen LogP contribution in [0.4, 0.5) is 10.3 Å². The third-order valence-electron chi connectivity index (χ3n) is 3.23. The summed E-state index contributed by atoms with van der Waals surface area (Å²) in [7, 11) is 0. The van der Waals surface area contributed by atoms with Crippen LogP contribution in [0.25, 0.3) is 5.52 Å². The Morgan fingerprint density at radius 1 is 1.60 bits per heavy atom. The summed E-state index contributed by atoms with van der Waals surface area (Å²) in [4.78, 5) is 4.00. The van der Waals surface area contributed by atoms with E-state index in [-0.39, 0.29) is 29.7 Å². The van der Waals surface area contributed by atoms with Crippen molar-refractivity contribution in [2.24, 2.45) is 0 Å². The number of aromatic nitrogens is 3. The van der Waals surface area contributed by atoms with E-state index in [4.69, 9.17) is 10.00 Å². The Morgan fingerprint density at radius 3 is 3.20 bits per heavy atom. The number of hydrogen-bond donors (Lipinski definition) is 2. The number of aliphatic hydroxyl groups excluding tert-OH is 1. The zero-order valence-electron chi connectivity index (χ0n) is 10.5. The Labute approximate surface area is 113 Å². The average molecular weight is 277 g/mol. The van der Waals surface area contributed by atoms with Gasteiger partial charge >= 0.3 is 0 Å². The molecule has 3 heterocycles. The number of fused-ring (bicyclic) bond motifs is 1. The fraction of sp³-hybridized carbons (Fsp3) is 0.417. The van der Waals surface area contributed by atoms with E-state index >= 15 is 0 Å². The first kappa shape index (κ1) is 12.8. The lowest BCUT2D eigenvalue weighted by Crippen LogP contribution is -2.42. The fourth-order valence-corrected chi connectivity index (χ4v) is 2.14. The number of nitriles is 1. The van der Waals surface area contributed by atoms with Gasteiger partial charge in [0.05, 0.1) is 31.1 Å². The molecule has 0 radical (unpaired) electrons. The number of hydrogen-bond acceptors (Lipinski definition) is 6. The van der Waals surface area contributed by atoms with Gasteiger partial charge in [0.25, 0.3) is 0 Å². The first-order valence-corrected chi connectivity index (χ1v) is 6.15. The molecule has 1 saturated heterocycles. The van der Waals surface area contributed by atoms with Crippen LogP contribution in [-0.2, 0) is 4.74 Å². The van der Waals surface area contributed by atoms with Gasteiger partial charge < -0.3 is 15.2 Å². The maximum atomic E-state index is 13.7. The van der Waals surface area contributed by atoms with E-state index in [1.54, 1.807) is 6.07 Å². The summed E-state index contributed by atoms with van der Waals surface area (Å²) in [5.74, 6) is -0.368. The van der Waals surface area contributed by atoms with Crippen molar-refractivity contribution in [3.8, 4) is 6.07 Å². The normalized spacial score (nSPS) is 22.6. The molecule has 1 aliphatic heterocycles. The minimum absolute atomic E-state index is 0.0810. The van der Waals surface area contributed by atoms with Crippen LogP contribution in [0, 0.1) is 17.1 Å². The predicted octanol–water partition coefficient (Wildman–Crippen LogP) is 0.302. The monoisotopic (exact) mass is 277 g/mol. The van der Waals surface area contributed by atoms with Crippen LogP contribution in [0.3, 0.4) is 0 Å². The molecule has 8 heteroatoms. The minimum Gasteiger partial charge on any atom is -0.389 e. The van der Waals surface area contributed by atoms with Crippen molar-refractivity contribution in [3.63, 3.8) is 0 Å². The van der Waals surface area contributed by atoms with Crippen LogP contribution in [0.2, 0.25) is 0 Å². The number of ether oxygens (including phenoxy) is 1. The third-order valence-corrected chi connectivity index (χ3v) is 3.23. The van der Waals surface area contributed by atoms with Crippen molar-refractivity contribution >= 4 is 11.5 Å². The second-order valence-corrected chi connectivity index (χ2v) is 4.56. The van der Waals surface area contributed by atoms with E-state index in [9.17, 15) is 9.50 Å². The highest BCUT2D eigenvalue weighted by molar-refractivity contribution is 5.54. The van der Waals surface area contributed by atoms with Gasteiger partial charge in [0, 0.05) is 6.61 Å². The molecule has 1 fully saturated rings. The van der Waals surface area contributed by atoms with Gasteiger partial charge in [-0.3, -0.25) is 0 Å². The molecule has 2 aromatic heterocycles. The highest BCUT2D eigenvalue weighted by atomic mass is 19.1. The molecular weight excluding hydrogens is 265 g/mol. The summed E-state index contributed by atoms with van der Waals surface area (Å²) >= 11 is 0. The smallest absolute Gasteiger partial charge is 0.241 e.